The summed E-state index contributed by atoms with van der Waals surface area (Å²) in [4.78, 5) is 22.0. The van der Waals surface area contributed by atoms with Crippen molar-refractivity contribution in [3.63, 3.8) is 0 Å². The fourth-order valence-electron chi connectivity index (χ4n) is 2.41. The molecule has 0 saturated carbocycles. The number of amides is 1. The van der Waals surface area contributed by atoms with Crippen molar-refractivity contribution in [2.75, 3.05) is 5.32 Å². The highest BCUT2D eigenvalue weighted by Crippen LogP contribution is 2.28. The second-order valence-corrected chi connectivity index (χ2v) is 6.58. The van der Waals surface area contributed by atoms with E-state index in [0.717, 1.165) is 34.8 Å². The van der Waals surface area contributed by atoms with Gasteiger partial charge in [0.1, 0.15) is 9.88 Å². The molecule has 0 atom stereocenters. The maximum atomic E-state index is 12.5. The monoisotopic (exact) mass is 341 g/mol. The van der Waals surface area contributed by atoms with Crippen LogP contribution in [-0.4, -0.2) is 25.7 Å². The average Bonchev–Trinajstić information content (AvgIpc) is 3.14. The van der Waals surface area contributed by atoms with E-state index in [0.29, 0.717) is 10.6 Å². The van der Waals surface area contributed by atoms with E-state index in [9.17, 15) is 4.79 Å². The van der Waals surface area contributed by atoms with Gasteiger partial charge in [-0.1, -0.05) is 13.3 Å². The minimum atomic E-state index is -0.160. The predicted octanol–water partition coefficient (Wildman–Crippen LogP) is 3.45. The standard InChI is InChI=1S/C17H19N5OS/c1-4-5-13-8-12(6-7-18-13)17-20-11(2)15(24-17)16(23)21-14-9-19-22(3)10-14/h6-10H,4-5H2,1-3H3,(H,21,23). The van der Waals surface area contributed by atoms with E-state index in [2.05, 4.69) is 27.3 Å². The first kappa shape index (κ1) is 16.3. The SMILES string of the molecule is CCCc1cc(-c2nc(C)c(C(=O)Nc3cnn(C)c3)s2)ccn1. The van der Waals surface area contributed by atoms with Gasteiger partial charge in [-0.15, -0.1) is 11.3 Å². The van der Waals surface area contributed by atoms with E-state index in [4.69, 9.17) is 0 Å². The van der Waals surface area contributed by atoms with Crippen LogP contribution in [0.25, 0.3) is 10.6 Å². The highest BCUT2D eigenvalue weighted by Gasteiger charge is 2.17. The third-order valence-corrected chi connectivity index (χ3v) is 4.74. The zero-order chi connectivity index (χ0) is 17.1. The summed E-state index contributed by atoms with van der Waals surface area (Å²) in [6.45, 7) is 3.98. The number of aryl methyl sites for hydroxylation is 3. The molecule has 1 N–H and O–H groups in total. The van der Waals surface area contributed by atoms with Crippen molar-refractivity contribution in [1.29, 1.82) is 0 Å². The molecule has 3 aromatic rings. The van der Waals surface area contributed by atoms with Crippen LogP contribution in [-0.2, 0) is 13.5 Å². The molecule has 24 heavy (non-hydrogen) atoms. The Bertz CT molecular complexity index is 868. The van der Waals surface area contributed by atoms with Gasteiger partial charge in [-0.05, 0) is 25.5 Å². The van der Waals surface area contributed by atoms with E-state index in [1.807, 2.05) is 26.1 Å². The van der Waals surface area contributed by atoms with Crippen LogP contribution in [0, 0.1) is 6.92 Å². The van der Waals surface area contributed by atoms with Crippen molar-refractivity contribution in [2.45, 2.75) is 26.7 Å². The van der Waals surface area contributed by atoms with Gasteiger partial charge in [-0.25, -0.2) is 4.98 Å². The minimum Gasteiger partial charge on any atom is -0.319 e. The Morgan fingerprint density at radius 1 is 1.42 bits per heavy atom. The number of anilines is 1. The Morgan fingerprint density at radius 2 is 2.25 bits per heavy atom. The van der Waals surface area contributed by atoms with Gasteiger partial charge in [0.2, 0.25) is 0 Å². The van der Waals surface area contributed by atoms with Gasteiger partial charge < -0.3 is 5.32 Å². The number of rotatable bonds is 5. The first-order valence-electron chi connectivity index (χ1n) is 7.79. The number of hydrogen-bond acceptors (Lipinski definition) is 5. The maximum Gasteiger partial charge on any atom is 0.267 e. The summed E-state index contributed by atoms with van der Waals surface area (Å²) in [6, 6.07) is 3.98. The van der Waals surface area contributed by atoms with Crippen LogP contribution in [0.1, 0.15) is 34.4 Å². The third-order valence-electron chi connectivity index (χ3n) is 3.54. The van der Waals surface area contributed by atoms with Gasteiger partial charge in [0.05, 0.1) is 17.6 Å². The van der Waals surface area contributed by atoms with Crippen LogP contribution < -0.4 is 5.32 Å². The lowest BCUT2D eigenvalue weighted by Gasteiger charge is -2.00. The molecule has 3 aromatic heterocycles. The van der Waals surface area contributed by atoms with Gasteiger partial charge in [0.15, 0.2) is 0 Å². The molecule has 0 bridgehead atoms. The first-order valence-corrected chi connectivity index (χ1v) is 8.61. The van der Waals surface area contributed by atoms with Crippen LogP contribution in [0.3, 0.4) is 0 Å². The Balaban J connectivity index is 1.84. The van der Waals surface area contributed by atoms with E-state index >= 15 is 0 Å². The number of nitrogens with one attached hydrogen (secondary N) is 1. The molecule has 0 radical (unpaired) electrons. The minimum absolute atomic E-state index is 0.160. The van der Waals surface area contributed by atoms with Gasteiger partial charge >= 0.3 is 0 Å². The van der Waals surface area contributed by atoms with E-state index in [1.165, 1.54) is 11.3 Å². The quantitative estimate of drug-likeness (QED) is 0.771. The van der Waals surface area contributed by atoms with Crippen molar-refractivity contribution in [2.24, 2.45) is 7.05 Å². The van der Waals surface area contributed by atoms with E-state index < -0.39 is 0 Å². The summed E-state index contributed by atoms with van der Waals surface area (Å²) in [5, 5.41) is 7.74. The number of carbonyl (C=O) groups is 1. The van der Waals surface area contributed by atoms with Crippen LogP contribution in [0.5, 0.6) is 0 Å². The molecule has 1 amide bonds. The fourth-order valence-corrected chi connectivity index (χ4v) is 3.37. The summed E-state index contributed by atoms with van der Waals surface area (Å²) >= 11 is 1.40. The molecule has 0 aromatic carbocycles. The number of pyridine rings is 1. The molecular weight excluding hydrogens is 322 g/mol. The van der Waals surface area contributed by atoms with E-state index in [1.54, 1.807) is 23.3 Å². The molecule has 6 nitrogen and oxygen atoms in total. The molecule has 7 heteroatoms. The highest BCUT2D eigenvalue weighted by molar-refractivity contribution is 7.17. The summed E-state index contributed by atoms with van der Waals surface area (Å²) < 4.78 is 1.65. The summed E-state index contributed by atoms with van der Waals surface area (Å²) in [7, 11) is 1.81. The molecule has 0 aliphatic heterocycles. The van der Waals surface area contributed by atoms with Crippen molar-refractivity contribution < 1.29 is 4.79 Å². The van der Waals surface area contributed by atoms with Crippen molar-refractivity contribution >= 4 is 22.9 Å². The Morgan fingerprint density at radius 3 is 2.96 bits per heavy atom. The fraction of sp³-hybridized carbons (Fsp3) is 0.294. The largest absolute Gasteiger partial charge is 0.319 e. The van der Waals surface area contributed by atoms with Crippen LogP contribution in [0.2, 0.25) is 0 Å². The Labute approximate surface area is 144 Å². The normalized spacial score (nSPS) is 10.8. The number of carbonyl (C=O) groups excluding carboxylic acids is 1. The maximum absolute atomic E-state index is 12.5. The van der Waals surface area contributed by atoms with E-state index in [-0.39, 0.29) is 5.91 Å². The average molecular weight is 341 g/mol. The molecular formula is C17H19N5OS. The molecule has 3 rings (SSSR count). The summed E-state index contributed by atoms with van der Waals surface area (Å²) in [5.74, 6) is -0.160. The van der Waals surface area contributed by atoms with Crippen molar-refractivity contribution in [1.82, 2.24) is 19.7 Å². The van der Waals surface area contributed by atoms with Gasteiger partial charge in [-0.3, -0.25) is 14.5 Å². The topological polar surface area (TPSA) is 72.7 Å². The van der Waals surface area contributed by atoms with Crippen molar-refractivity contribution in [3.05, 3.63) is 47.0 Å². The van der Waals surface area contributed by atoms with Gasteiger partial charge in [0.25, 0.3) is 5.91 Å². The zero-order valence-electron chi connectivity index (χ0n) is 13.9. The second-order valence-electron chi connectivity index (χ2n) is 5.58. The molecule has 124 valence electrons. The lowest BCUT2D eigenvalue weighted by Crippen LogP contribution is -2.10. The summed E-state index contributed by atoms with van der Waals surface area (Å²) in [5.41, 5.74) is 3.45. The Kier molecular flexibility index (Phi) is 4.71. The number of thiazole rings is 1. The highest BCUT2D eigenvalue weighted by atomic mass is 32.1. The lowest BCUT2D eigenvalue weighted by molar-refractivity contribution is 0.103. The predicted molar refractivity (Wildman–Crippen MR) is 95.2 cm³/mol. The van der Waals surface area contributed by atoms with Gasteiger partial charge in [0, 0.05) is 30.7 Å². The van der Waals surface area contributed by atoms with Crippen LogP contribution in [0.15, 0.2) is 30.7 Å². The molecule has 0 aliphatic rings. The molecule has 0 unspecified atom stereocenters. The smallest absolute Gasteiger partial charge is 0.267 e. The molecule has 3 heterocycles. The molecule has 0 aliphatic carbocycles. The Hall–Kier alpha value is -2.54. The molecule has 0 spiro atoms. The zero-order valence-corrected chi connectivity index (χ0v) is 14.7. The third kappa shape index (κ3) is 3.51. The number of hydrogen-bond donors (Lipinski definition) is 1. The van der Waals surface area contributed by atoms with Crippen LogP contribution in [0.4, 0.5) is 5.69 Å². The lowest BCUT2D eigenvalue weighted by atomic mass is 10.2. The molecule has 0 fully saturated rings. The van der Waals surface area contributed by atoms with Crippen LogP contribution >= 0.6 is 11.3 Å². The van der Waals surface area contributed by atoms with Gasteiger partial charge in [-0.2, -0.15) is 5.10 Å². The second kappa shape index (κ2) is 6.92. The summed E-state index contributed by atoms with van der Waals surface area (Å²) in [6.07, 6.45) is 7.16. The first-order chi connectivity index (χ1) is 11.6. The number of nitrogens with zero attached hydrogens (tertiary/aromatic N) is 4. The van der Waals surface area contributed by atoms with Crippen molar-refractivity contribution in [3.8, 4) is 10.6 Å². The molecule has 0 saturated heterocycles. The number of aromatic nitrogens is 4.